The largest absolute Gasteiger partial charge is 0.383 e. The first kappa shape index (κ1) is 23.5. The molecule has 1 aliphatic heterocycles. The summed E-state index contributed by atoms with van der Waals surface area (Å²) in [5.74, 6) is 1.61. The van der Waals surface area contributed by atoms with Crippen LogP contribution in [0.2, 0.25) is 0 Å². The maximum absolute atomic E-state index is 13.1. The molecule has 1 aromatic heterocycles. The average molecular weight is 467 g/mol. The standard InChI is InChI=1S/C25H30N4O3S/c1-19(17-31-2)29-23(16-20-8-4-3-5-9-20)26-27-25(29)33-18-21-10-6-7-11-22(21)24(30)28-12-14-32-15-13-28/h3-11,19H,12-18H2,1-2H3/t19-/m0/s1. The maximum Gasteiger partial charge on any atom is 0.254 e. The van der Waals surface area contributed by atoms with Crippen LogP contribution in [0.5, 0.6) is 0 Å². The molecule has 8 heteroatoms. The summed E-state index contributed by atoms with van der Waals surface area (Å²) in [5.41, 5.74) is 2.93. The number of methoxy groups -OCH3 is 1. The molecule has 0 N–H and O–H groups in total. The second-order valence-electron chi connectivity index (χ2n) is 8.09. The van der Waals surface area contributed by atoms with E-state index < -0.39 is 0 Å². The van der Waals surface area contributed by atoms with Gasteiger partial charge in [-0.05, 0) is 24.1 Å². The van der Waals surface area contributed by atoms with E-state index in [0.717, 1.165) is 22.1 Å². The number of hydrogen-bond donors (Lipinski definition) is 0. The lowest BCUT2D eigenvalue weighted by atomic mass is 10.1. The maximum atomic E-state index is 13.1. The molecule has 0 radical (unpaired) electrons. The molecular weight excluding hydrogens is 436 g/mol. The smallest absolute Gasteiger partial charge is 0.254 e. The van der Waals surface area contributed by atoms with E-state index in [4.69, 9.17) is 9.47 Å². The number of morpholine rings is 1. The van der Waals surface area contributed by atoms with E-state index in [1.807, 2.05) is 47.4 Å². The summed E-state index contributed by atoms with van der Waals surface area (Å²) >= 11 is 1.60. The van der Waals surface area contributed by atoms with Crippen molar-refractivity contribution in [1.82, 2.24) is 19.7 Å². The Morgan fingerprint density at radius 1 is 1.09 bits per heavy atom. The van der Waals surface area contributed by atoms with E-state index in [2.05, 4.69) is 33.8 Å². The third kappa shape index (κ3) is 5.82. The molecule has 33 heavy (non-hydrogen) atoms. The monoisotopic (exact) mass is 466 g/mol. The second-order valence-corrected chi connectivity index (χ2v) is 9.03. The van der Waals surface area contributed by atoms with Gasteiger partial charge >= 0.3 is 0 Å². The van der Waals surface area contributed by atoms with Gasteiger partial charge in [0.05, 0.1) is 25.9 Å². The zero-order valence-corrected chi connectivity index (χ0v) is 20.0. The quantitative estimate of drug-likeness (QED) is 0.446. The van der Waals surface area contributed by atoms with Gasteiger partial charge in [-0.25, -0.2) is 0 Å². The van der Waals surface area contributed by atoms with Crippen LogP contribution in [0, 0.1) is 0 Å². The summed E-state index contributed by atoms with van der Waals surface area (Å²) in [4.78, 5) is 15.0. The lowest BCUT2D eigenvalue weighted by molar-refractivity contribution is 0.0302. The highest BCUT2D eigenvalue weighted by molar-refractivity contribution is 7.98. The molecule has 1 atom stereocenters. The van der Waals surface area contributed by atoms with E-state index in [1.165, 1.54) is 5.56 Å². The Bertz CT molecular complexity index is 1050. The van der Waals surface area contributed by atoms with Crippen LogP contribution in [0.25, 0.3) is 0 Å². The molecule has 1 aliphatic rings. The molecule has 0 spiro atoms. The predicted molar refractivity (Wildman–Crippen MR) is 129 cm³/mol. The number of ether oxygens (including phenoxy) is 2. The first-order valence-electron chi connectivity index (χ1n) is 11.2. The van der Waals surface area contributed by atoms with Gasteiger partial charge in [0, 0.05) is 37.9 Å². The van der Waals surface area contributed by atoms with Gasteiger partial charge in [0.1, 0.15) is 5.82 Å². The van der Waals surface area contributed by atoms with Gasteiger partial charge in [-0.1, -0.05) is 60.3 Å². The number of amides is 1. The third-order valence-electron chi connectivity index (χ3n) is 5.69. The molecule has 0 bridgehead atoms. The summed E-state index contributed by atoms with van der Waals surface area (Å²) < 4.78 is 13.0. The number of carbonyl (C=O) groups is 1. The fourth-order valence-electron chi connectivity index (χ4n) is 4.00. The van der Waals surface area contributed by atoms with E-state index in [0.29, 0.717) is 45.1 Å². The molecule has 1 amide bonds. The summed E-state index contributed by atoms with van der Waals surface area (Å²) in [6.45, 7) is 5.12. The Labute approximate surface area is 199 Å². The van der Waals surface area contributed by atoms with Gasteiger partial charge < -0.3 is 18.9 Å². The Hall–Kier alpha value is -2.68. The van der Waals surface area contributed by atoms with Crippen molar-refractivity contribution < 1.29 is 14.3 Å². The van der Waals surface area contributed by atoms with Crippen LogP contribution in [-0.4, -0.2) is 65.6 Å². The van der Waals surface area contributed by atoms with Crippen LogP contribution >= 0.6 is 11.8 Å². The van der Waals surface area contributed by atoms with Gasteiger partial charge in [0.25, 0.3) is 5.91 Å². The number of rotatable bonds is 9. The molecule has 0 saturated carbocycles. The fourth-order valence-corrected chi connectivity index (χ4v) is 5.06. The lowest BCUT2D eigenvalue weighted by Gasteiger charge is -2.27. The highest BCUT2D eigenvalue weighted by Gasteiger charge is 2.22. The van der Waals surface area contributed by atoms with Gasteiger partial charge in [-0.15, -0.1) is 10.2 Å². The molecule has 1 saturated heterocycles. The normalized spacial score (nSPS) is 14.9. The first-order chi connectivity index (χ1) is 16.2. The minimum Gasteiger partial charge on any atom is -0.383 e. The fraction of sp³-hybridized carbons (Fsp3) is 0.400. The van der Waals surface area contributed by atoms with E-state index >= 15 is 0 Å². The van der Waals surface area contributed by atoms with Gasteiger partial charge in [-0.3, -0.25) is 4.79 Å². The molecule has 0 unspecified atom stereocenters. The van der Waals surface area contributed by atoms with Crippen molar-refractivity contribution in [2.24, 2.45) is 0 Å². The molecule has 1 fully saturated rings. The SMILES string of the molecule is COC[C@H](C)n1c(Cc2ccccc2)nnc1SCc1ccccc1C(=O)N1CCOCC1. The Kier molecular flexibility index (Phi) is 8.15. The number of carbonyl (C=O) groups excluding carboxylic acids is 1. The van der Waals surface area contributed by atoms with Crippen LogP contribution in [0.15, 0.2) is 59.8 Å². The van der Waals surface area contributed by atoms with Gasteiger partial charge in [-0.2, -0.15) is 0 Å². The zero-order valence-electron chi connectivity index (χ0n) is 19.1. The van der Waals surface area contributed by atoms with Crippen molar-refractivity contribution in [1.29, 1.82) is 0 Å². The molecule has 3 aromatic rings. The zero-order chi connectivity index (χ0) is 23.0. The van der Waals surface area contributed by atoms with Crippen molar-refractivity contribution in [3.05, 3.63) is 77.1 Å². The van der Waals surface area contributed by atoms with Crippen molar-refractivity contribution in [3.8, 4) is 0 Å². The van der Waals surface area contributed by atoms with Crippen molar-refractivity contribution in [2.75, 3.05) is 40.0 Å². The molecule has 2 heterocycles. The highest BCUT2D eigenvalue weighted by atomic mass is 32.2. The Morgan fingerprint density at radius 2 is 1.82 bits per heavy atom. The molecule has 4 rings (SSSR count). The van der Waals surface area contributed by atoms with Crippen LogP contribution in [-0.2, 0) is 21.6 Å². The molecule has 7 nitrogen and oxygen atoms in total. The minimum absolute atomic E-state index is 0.0634. The van der Waals surface area contributed by atoms with Crippen LogP contribution in [0.1, 0.15) is 40.3 Å². The first-order valence-corrected chi connectivity index (χ1v) is 12.2. The highest BCUT2D eigenvalue weighted by Crippen LogP contribution is 2.28. The Balaban J connectivity index is 1.54. The average Bonchev–Trinajstić information content (AvgIpc) is 3.26. The predicted octanol–water partition coefficient (Wildman–Crippen LogP) is 3.84. The number of thioether (sulfide) groups is 1. The van der Waals surface area contributed by atoms with Gasteiger partial charge in [0.2, 0.25) is 0 Å². The molecular formula is C25H30N4O3S. The topological polar surface area (TPSA) is 69.5 Å². The number of hydrogen-bond acceptors (Lipinski definition) is 6. The van der Waals surface area contributed by atoms with Crippen molar-refractivity contribution in [3.63, 3.8) is 0 Å². The lowest BCUT2D eigenvalue weighted by Crippen LogP contribution is -2.41. The number of aromatic nitrogens is 3. The third-order valence-corrected chi connectivity index (χ3v) is 6.68. The van der Waals surface area contributed by atoms with E-state index in [9.17, 15) is 4.79 Å². The van der Waals surface area contributed by atoms with Crippen LogP contribution in [0.4, 0.5) is 0 Å². The number of nitrogens with zero attached hydrogens (tertiary/aromatic N) is 4. The van der Waals surface area contributed by atoms with Gasteiger partial charge in [0.15, 0.2) is 5.16 Å². The van der Waals surface area contributed by atoms with Crippen LogP contribution < -0.4 is 0 Å². The Morgan fingerprint density at radius 3 is 2.58 bits per heavy atom. The van der Waals surface area contributed by atoms with Crippen molar-refractivity contribution in [2.45, 2.75) is 30.3 Å². The molecule has 2 aromatic carbocycles. The van der Waals surface area contributed by atoms with E-state index in [-0.39, 0.29) is 11.9 Å². The summed E-state index contributed by atoms with van der Waals surface area (Å²) in [7, 11) is 1.71. The number of benzene rings is 2. The molecule has 0 aliphatic carbocycles. The summed E-state index contributed by atoms with van der Waals surface area (Å²) in [5, 5.41) is 9.84. The van der Waals surface area contributed by atoms with Crippen LogP contribution in [0.3, 0.4) is 0 Å². The summed E-state index contributed by atoms with van der Waals surface area (Å²) in [6, 6.07) is 18.2. The van der Waals surface area contributed by atoms with Crippen molar-refractivity contribution >= 4 is 17.7 Å². The van der Waals surface area contributed by atoms with E-state index in [1.54, 1.807) is 18.9 Å². The second kappa shape index (κ2) is 11.4. The summed E-state index contributed by atoms with van der Waals surface area (Å²) in [6.07, 6.45) is 0.703. The molecule has 174 valence electrons. The minimum atomic E-state index is 0.0634.